The van der Waals surface area contributed by atoms with Crippen molar-refractivity contribution in [3.8, 4) is 0 Å². The summed E-state index contributed by atoms with van der Waals surface area (Å²) in [5.41, 5.74) is 5.96. The summed E-state index contributed by atoms with van der Waals surface area (Å²) in [6.07, 6.45) is 0. The highest BCUT2D eigenvalue weighted by atomic mass is 79.9. The molecular formula is C11H16Br2N2O3S. The number of benzene rings is 1. The fourth-order valence-corrected chi connectivity index (χ4v) is 4.76. The number of ether oxygens (including phenoxy) is 1. The lowest BCUT2D eigenvalue weighted by molar-refractivity contribution is 0.161. The van der Waals surface area contributed by atoms with Crippen LogP contribution >= 0.6 is 31.9 Å². The van der Waals surface area contributed by atoms with E-state index in [0.29, 0.717) is 15.6 Å². The van der Waals surface area contributed by atoms with Crippen LogP contribution in [0, 0.1) is 5.92 Å². The van der Waals surface area contributed by atoms with Crippen molar-refractivity contribution < 1.29 is 13.2 Å². The van der Waals surface area contributed by atoms with Gasteiger partial charge >= 0.3 is 0 Å². The normalized spacial score (nSPS) is 13.5. The van der Waals surface area contributed by atoms with Gasteiger partial charge in [0.1, 0.15) is 4.90 Å². The van der Waals surface area contributed by atoms with Gasteiger partial charge in [-0.05, 0) is 34.0 Å². The van der Waals surface area contributed by atoms with Crippen molar-refractivity contribution in [2.75, 3.05) is 26.0 Å². The molecule has 0 radical (unpaired) electrons. The molecule has 1 aromatic carbocycles. The van der Waals surface area contributed by atoms with Gasteiger partial charge in [-0.15, -0.1) is 0 Å². The zero-order valence-corrected chi connectivity index (χ0v) is 14.6. The Bertz CT molecular complexity index is 526. The van der Waals surface area contributed by atoms with Crippen LogP contribution in [-0.4, -0.2) is 28.7 Å². The SMILES string of the molecule is COCC(C)CNS(=O)(=O)c1c(N)cc(Br)cc1Br. The minimum absolute atomic E-state index is 0.0558. The van der Waals surface area contributed by atoms with Crippen molar-refractivity contribution in [1.82, 2.24) is 4.72 Å². The Kier molecular flexibility index (Phi) is 6.25. The third-order valence-electron chi connectivity index (χ3n) is 2.38. The Morgan fingerprint density at radius 2 is 2.05 bits per heavy atom. The monoisotopic (exact) mass is 414 g/mol. The molecule has 0 fully saturated rings. The Balaban J connectivity index is 2.95. The van der Waals surface area contributed by atoms with E-state index in [1.807, 2.05) is 6.92 Å². The van der Waals surface area contributed by atoms with E-state index in [1.165, 1.54) is 0 Å². The molecule has 0 aliphatic carbocycles. The van der Waals surface area contributed by atoms with E-state index in [9.17, 15) is 8.42 Å². The maximum atomic E-state index is 12.2. The van der Waals surface area contributed by atoms with Crippen molar-refractivity contribution in [3.05, 3.63) is 21.1 Å². The van der Waals surface area contributed by atoms with Crippen LogP contribution in [0.3, 0.4) is 0 Å². The first-order valence-electron chi connectivity index (χ1n) is 5.51. The third kappa shape index (κ3) is 4.71. The Morgan fingerprint density at radius 3 is 2.58 bits per heavy atom. The number of anilines is 1. The van der Waals surface area contributed by atoms with Gasteiger partial charge in [0.05, 0.1) is 5.69 Å². The van der Waals surface area contributed by atoms with Gasteiger partial charge in [-0.1, -0.05) is 22.9 Å². The summed E-state index contributed by atoms with van der Waals surface area (Å²) in [7, 11) is -2.07. The number of nitrogens with one attached hydrogen (secondary N) is 1. The van der Waals surface area contributed by atoms with Crippen molar-refractivity contribution >= 4 is 47.6 Å². The second-order valence-corrected chi connectivity index (χ2v) is 7.69. The van der Waals surface area contributed by atoms with Crippen LogP contribution in [0.15, 0.2) is 26.0 Å². The summed E-state index contributed by atoms with van der Waals surface area (Å²) in [6.45, 7) is 2.67. The van der Waals surface area contributed by atoms with Gasteiger partial charge in [0.25, 0.3) is 0 Å². The molecule has 0 saturated carbocycles. The highest BCUT2D eigenvalue weighted by Crippen LogP contribution is 2.31. The fraction of sp³-hybridized carbons (Fsp3) is 0.455. The van der Waals surface area contributed by atoms with Crippen LogP contribution in [0.2, 0.25) is 0 Å². The van der Waals surface area contributed by atoms with Crippen LogP contribution in [0.1, 0.15) is 6.92 Å². The van der Waals surface area contributed by atoms with E-state index in [-0.39, 0.29) is 23.0 Å². The maximum absolute atomic E-state index is 12.2. The first kappa shape index (κ1) is 16.9. The summed E-state index contributed by atoms with van der Waals surface area (Å²) < 4.78 is 33.1. The van der Waals surface area contributed by atoms with E-state index in [2.05, 4.69) is 36.6 Å². The van der Waals surface area contributed by atoms with Gasteiger partial charge in [0.15, 0.2) is 0 Å². The average molecular weight is 416 g/mol. The zero-order chi connectivity index (χ0) is 14.6. The number of methoxy groups -OCH3 is 1. The molecule has 5 nitrogen and oxygen atoms in total. The Hall–Kier alpha value is -0.150. The van der Waals surface area contributed by atoms with E-state index in [1.54, 1.807) is 19.2 Å². The number of halogens is 2. The summed E-state index contributed by atoms with van der Waals surface area (Å²) in [5, 5.41) is 0. The van der Waals surface area contributed by atoms with Crippen molar-refractivity contribution in [2.45, 2.75) is 11.8 Å². The van der Waals surface area contributed by atoms with Crippen molar-refractivity contribution in [1.29, 1.82) is 0 Å². The molecule has 19 heavy (non-hydrogen) atoms. The Labute approximate surface area is 130 Å². The van der Waals surface area contributed by atoms with Gasteiger partial charge in [-0.3, -0.25) is 0 Å². The van der Waals surface area contributed by atoms with Gasteiger partial charge in [-0.25, -0.2) is 13.1 Å². The van der Waals surface area contributed by atoms with Crippen LogP contribution in [0.25, 0.3) is 0 Å². The molecule has 0 saturated heterocycles. The quantitative estimate of drug-likeness (QED) is 0.698. The highest BCUT2D eigenvalue weighted by molar-refractivity contribution is 9.11. The summed E-state index contributed by atoms with van der Waals surface area (Å²) in [6, 6.07) is 3.20. The molecule has 108 valence electrons. The molecule has 1 aromatic rings. The Morgan fingerprint density at radius 1 is 1.42 bits per heavy atom. The van der Waals surface area contributed by atoms with Crippen LogP contribution in [-0.2, 0) is 14.8 Å². The van der Waals surface area contributed by atoms with Crippen molar-refractivity contribution in [2.24, 2.45) is 5.92 Å². The molecule has 0 spiro atoms. The molecule has 1 unspecified atom stereocenters. The molecule has 0 bridgehead atoms. The average Bonchev–Trinajstić information content (AvgIpc) is 2.25. The second kappa shape index (κ2) is 7.03. The number of rotatable bonds is 6. The number of hydrogen-bond acceptors (Lipinski definition) is 4. The molecule has 0 aromatic heterocycles. The van der Waals surface area contributed by atoms with Gasteiger partial charge in [0.2, 0.25) is 10.0 Å². The molecule has 0 amide bonds. The second-order valence-electron chi connectivity index (χ2n) is 4.22. The highest BCUT2D eigenvalue weighted by Gasteiger charge is 2.22. The molecular weight excluding hydrogens is 400 g/mol. The number of hydrogen-bond donors (Lipinski definition) is 2. The number of nitrogens with two attached hydrogens (primary N) is 1. The minimum atomic E-state index is -3.65. The summed E-state index contributed by atoms with van der Waals surface area (Å²) >= 11 is 6.47. The van der Waals surface area contributed by atoms with Gasteiger partial charge in [0, 0.05) is 29.2 Å². The van der Waals surface area contributed by atoms with E-state index in [0.717, 1.165) is 0 Å². The molecule has 3 N–H and O–H groups in total. The largest absolute Gasteiger partial charge is 0.398 e. The zero-order valence-electron chi connectivity index (χ0n) is 10.6. The van der Waals surface area contributed by atoms with Crippen LogP contribution < -0.4 is 10.5 Å². The number of nitrogen functional groups attached to an aromatic ring is 1. The van der Waals surface area contributed by atoms with E-state index >= 15 is 0 Å². The minimum Gasteiger partial charge on any atom is -0.398 e. The topological polar surface area (TPSA) is 81.4 Å². The summed E-state index contributed by atoms with van der Waals surface area (Å²) in [4.78, 5) is 0.0558. The standard InChI is InChI=1S/C11H16Br2N2O3S/c1-7(6-18-2)5-15-19(16,17)11-9(13)3-8(12)4-10(11)14/h3-4,7,15H,5-6,14H2,1-2H3. The summed E-state index contributed by atoms with van der Waals surface area (Å²) in [5.74, 6) is 0.0789. The molecule has 1 rings (SSSR count). The van der Waals surface area contributed by atoms with E-state index < -0.39 is 10.0 Å². The number of sulfonamides is 1. The first-order valence-corrected chi connectivity index (χ1v) is 8.58. The molecule has 8 heteroatoms. The van der Waals surface area contributed by atoms with Crippen LogP contribution in [0.4, 0.5) is 5.69 Å². The van der Waals surface area contributed by atoms with Crippen LogP contribution in [0.5, 0.6) is 0 Å². The predicted octanol–water partition coefficient (Wildman–Crippen LogP) is 2.35. The third-order valence-corrected chi connectivity index (χ3v) is 5.26. The first-order chi connectivity index (χ1) is 8.77. The maximum Gasteiger partial charge on any atom is 0.243 e. The molecule has 0 aliphatic rings. The van der Waals surface area contributed by atoms with Gasteiger partial charge in [-0.2, -0.15) is 0 Å². The molecule has 0 aliphatic heterocycles. The molecule has 0 heterocycles. The van der Waals surface area contributed by atoms with E-state index in [4.69, 9.17) is 10.5 Å². The fourth-order valence-electron chi connectivity index (χ4n) is 1.53. The smallest absolute Gasteiger partial charge is 0.243 e. The molecule has 1 atom stereocenters. The van der Waals surface area contributed by atoms with Gasteiger partial charge < -0.3 is 10.5 Å². The lowest BCUT2D eigenvalue weighted by Crippen LogP contribution is -2.30. The lowest BCUT2D eigenvalue weighted by Gasteiger charge is -2.14. The predicted molar refractivity (Wildman–Crippen MR) is 82.5 cm³/mol. The lowest BCUT2D eigenvalue weighted by atomic mass is 10.2. The van der Waals surface area contributed by atoms with Crippen molar-refractivity contribution in [3.63, 3.8) is 0 Å².